The Morgan fingerprint density at radius 1 is 1.15 bits per heavy atom. The molecule has 0 aromatic heterocycles. The van der Waals surface area contributed by atoms with Gasteiger partial charge in [0.1, 0.15) is 5.75 Å². The van der Waals surface area contributed by atoms with Crippen LogP contribution < -0.4 is 10.5 Å². The number of hydrogen-bond donors (Lipinski definition) is 1. The molecule has 1 saturated heterocycles. The summed E-state index contributed by atoms with van der Waals surface area (Å²) in [5, 5.41) is 0. The number of rotatable bonds is 5. The van der Waals surface area contributed by atoms with Crippen LogP contribution in [0.4, 0.5) is 9.59 Å². The van der Waals surface area contributed by atoms with Gasteiger partial charge in [-0.25, -0.2) is 14.5 Å². The fourth-order valence-electron chi connectivity index (χ4n) is 3.37. The molecule has 1 aliphatic rings. The van der Waals surface area contributed by atoms with E-state index >= 15 is 0 Å². The Morgan fingerprint density at radius 3 is 2.44 bits per heavy atom. The second kappa shape index (κ2) is 7.70. The van der Waals surface area contributed by atoms with Crippen LogP contribution in [0, 0.1) is 13.8 Å². The number of hydrogen-bond acceptors (Lipinski definition) is 3. The van der Waals surface area contributed by atoms with Gasteiger partial charge in [0.15, 0.2) is 0 Å². The Hall–Kier alpha value is -3.02. The SMILES string of the molecule is COc1ccc(CCN2C(=O)N(C(N)=O)CC2c2ccc(C)c(C)c2)cc1. The molecule has 6 nitrogen and oxygen atoms in total. The van der Waals surface area contributed by atoms with E-state index in [-0.39, 0.29) is 18.6 Å². The molecule has 2 N–H and O–H groups in total. The van der Waals surface area contributed by atoms with Gasteiger partial charge in [-0.3, -0.25) is 0 Å². The molecule has 27 heavy (non-hydrogen) atoms. The third kappa shape index (κ3) is 3.89. The fraction of sp³-hybridized carbons (Fsp3) is 0.333. The number of ether oxygens (including phenoxy) is 1. The first-order valence-electron chi connectivity index (χ1n) is 8.98. The van der Waals surface area contributed by atoms with E-state index in [1.165, 1.54) is 5.56 Å². The minimum atomic E-state index is -0.708. The highest BCUT2D eigenvalue weighted by Gasteiger charge is 2.40. The van der Waals surface area contributed by atoms with Crippen molar-refractivity contribution < 1.29 is 14.3 Å². The first-order valence-corrected chi connectivity index (χ1v) is 8.98. The van der Waals surface area contributed by atoms with Gasteiger partial charge in [0.2, 0.25) is 0 Å². The van der Waals surface area contributed by atoms with Crippen LogP contribution in [0.2, 0.25) is 0 Å². The molecule has 0 bridgehead atoms. The molecular weight excluding hydrogens is 342 g/mol. The molecule has 142 valence electrons. The number of aryl methyl sites for hydroxylation is 2. The van der Waals surface area contributed by atoms with Crippen molar-refractivity contribution in [2.45, 2.75) is 26.3 Å². The molecule has 0 saturated carbocycles. The van der Waals surface area contributed by atoms with Gasteiger partial charge in [-0.2, -0.15) is 0 Å². The topological polar surface area (TPSA) is 75.9 Å². The average molecular weight is 367 g/mol. The summed E-state index contributed by atoms with van der Waals surface area (Å²) in [7, 11) is 1.63. The van der Waals surface area contributed by atoms with Gasteiger partial charge in [0, 0.05) is 6.54 Å². The highest BCUT2D eigenvalue weighted by molar-refractivity contribution is 5.94. The number of primary amides is 1. The van der Waals surface area contributed by atoms with Crippen molar-refractivity contribution in [2.75, 3.05) is 20.2 Å². The molecule has 1 fully saturated rings. The number of carbonyl (C=O) groups is 2. The van der Waals surface area contributed by atoms with Crippen molar-refractivity contribution in [1.82, 2.24) is 9.80 Å². The summed E-state index contributed by atoms with van der Waals surface area (Å²) < 4.78 is 5.18. The van der Waals surface area contributed by atoms with Crippen molar-refractivity contribution in [3.63, 3.8) is 0 Å². The Kier molecular flexibility index (Phi) is 5.35. The van der Waals surface area contributed by atoms with E-state index in [2.05, 4.69) is 13.0 Å². The number of urea groups is 2. The van der Waals surface area contributed by atoms with Gasteiger partial charge in [-0.15, -0.1) is 0 Å². The fourth-order valence-corrected chi connectivity index (χ4v) is 3.37. The maximum Gasteiger partial charge on any atom is 0.328 e. The van der Waals surface area contributed by atoms with Crippen molar-refractivity contribution in [3.05, 3.63) is 64.7 Å². The van der Waals surface area contributed by atoms with E-state index in [1.54, 1.807) is 12.0 Å². The standard InChI is InChI=1S/C21H25N3O3/c1-14-4-7-17(12-15(14)2)19-13-24(20(22)25)21(26)23(19)11-10-16-5-8-18(27-3)9-6-16/h4-9,12,19H,10-11,13H2,1-3H3,(H2,22,25). The maximum absolute atomic E-state index is 12.7. The smallest absolute Gasteiger partial charge is 0.328 e. The van der Waals surface area contributed by atoms with Crippen molar-refractivity contribution >= 4 is 12.1 Å². The molecule has 0 radical (unpaired) electrons. The van der Waals surface area contributed by atoms with Gasteiger partial charge in [0.05, 0.1) is 19.7 Å². The minimum Gasteiger partial charge on any atom is -0.497 e. The van der Waals surface area contributed by atoms with E-state index in [4.69, 9.17) is 10.5 Å². The number of nitrogens with two attached hydrogens (primary N) is 1. The van der Waals surface area contributed by atoms with Crippen LogP contribution in [0.15, 0.2) is 42.5 Å². The molecule has 2 aromatic carbocycles. The quantitative estimate of drug-likeness (QED) is 0.880. The number of benzene rings is 2. The van der Waals surface area contributed by atoms with Crippen LogP contribution in [0.5, 0.6) is 5.75 Å². The van der Waals surface area contributed by atoms with E-state index in [0.717, 1.165) is 27.3 Å². The lowest BCUT2D eigenvalue weighted by Crippen LogP contribution is -2.40. The minimum absolute atomic E-state index is 0.192. The largest absolute Gasteiger partial charge is 0.497 e. The third-order valence-electron chi connectivity index (χ3n) is 5.19. The first-order chi connectivity index (χ1) is 12.9. The van der Waals surface area contributed by atoms with E-state index in [9.17, 15) is 9.59 Å². The number of imide groups is 1. The molecule has 3 rings (SSSR count). The Morgan fingerprint density at radius 2 is 1.85 bits per heavy atom. The van der Waals surface area contributed by atoms with Gasteiger partial charge in [-0.05, 0) is 54.7 Å². The predicted octanol–water partition coefficient (Wildman–Crippen LogP) is 3.41. The molecule has 6 heteroatoms. The van der Waals surface area contributed by atoms with Crippen LogP contribution in [0.1, 0.15) is 28.3 Å². The molecule has 1 unspecified atom stereocenters. The summed E-state index contributed by atoms with van der Waals surface area (Å²) in [5.41, 5.74) is 9.88. The maximum atomic E-state index is 12.7. The van der Waals surface area contributed by atoms with Gasteiger partial charge in [0.25, 0.3) is 0 Å². The highest BCUT2D eigenvalue weighted by Crippen LogP contribution is 2.31. The third-order valence-corrected chi connectivity index (χ3v) is 5.19. The van der Waals surface area contributed by atoms with Crippen molar-refractivity contribution in [3.8, 4) is 5.75 Å². The van der Waals surface area contributed by atoms with Gasteiger partial charge < -0.3 is 15.4 Å². The molecule has 2 aromatic rings. The second-order valence-electron chi connectivity index (χ2n) is 6.88. The Labute approximate surface area is 159 Å². The summed E-state index contributed by atoms with van der Waals surface area (Å²) in [6.45, 7) is 4.88. The highest BCUT2D eigenvalue weighted by atomic mass is 16.5. The summed E-state index contributed by atoms with van der Waals surface area (Å²) in [4.78, 5) is 27.3. The first kappa shape index (κ1) is 18.8. The summed E-state index contributed by atoms with van der Waals surface area (Å²) in [6.07, 6.45) is 0.684. The molecule has 0 aliphatic carbocycles. The predicted molar refractivity (Wildman–Crippen MR) is 104 cm³/mol. The Balaban J connectivity index is 1.82. The van der Waals surface area contributed by atoms with E-state index in [1.807, 2.05) is 43.3 Å². The lowest BCUT2D eigenvalue weighted by Gasteiger charge is -2.24. The number of nitrogens with zero attached hydrogens (tertiary/aromatic N) is 2. The molecular formula is C21H25N3O3. The molecule has 1 heterocycles. The van der Waals surface area contributed by atoms with Gasteiger partial charge in [-0.1, -0.05) is 30.3 Å². The lowest BCUT2D eigenvalue weighted by atomic mass is 10.0. The van der Waals surface area contributed by atoms with Crippen LogP contribution in [0.25, 0.3) is 0 Å². The monoisotopic (exact) mass is 367 g/mol. The van der Waals surface area contributed by atoms with Gasteiger partial charge >= 0.3 is 12.1 Å². The summed E-state index contributed by atoms with van der Waals surface area (Å²) >= 11 is 0. The molecule has 1 aliphatic heterocycles. The lowest BCUT2D eigenvalue weighted by molar-refractivity contribution is 0.185. The van der Waals surface area contributed by atoms with Crippen molar-refractivity contribution in [2.24, 2.45) is 5.73 Å². The zero-order chi connectivity index (χ0) is 19.6. The van der Waals surface area contributed by atoms with Crippen LogP contribution in [-0.2, 0) is 6.42 Å². The van der Waals surface area contributed by atoms with Crippen LogP contribution >= 0.6 is 0 Å². The van der Waals surface area contributed by atoms with E-state index < -0.39 is 6.03 Å². The van der Waals surface area contributed by atoms with Crippen LogP contribution in [-0.4, -0.2) is 42.1 Å². The number of carbonyl (C=O) groups excluding carboxylic acids is 2. The number of methoxy groups -OCH3 is 1. The summed E-state index contributed by atoms with van der Waals surface area (Å²) in [6, 6.07) is 12.7. The van der Waals surface area contributed by atoms with Crippen LogP contribution in [0.3, 0.4) is 0 Å². The molecule has 0 spiro atoms. The Bertz CT molecular complexity index is 848. The summed E-state index contributed by atoms with van der Waals surface area (Å²) in [5.74, 6) is 0.795. The molecule has 1 atom stereocenters. The normalized spacial score (nSPS) is 16.7. The van der Waals surface area contributed by atoms with E-state index in [0.29, 0.717) is 13.0 Å². The van der Waals surface area contributed by atoms with Crippen molar-refractivity contribution in [1.29, 1.82) is 0 Å². The zero-order valence-electron chi connectivity index (χ0n) is 15.9. The second-order valence-corrected chi connectivity index (χ2v) is 6.88. The molecule has 4 amide bonds. The zero-order valence-corrected chi connectivity index (χ0v) is 15.9. The average Bonchev–Trinajstić information content (AvgIpc) is 2.99. The number of amides is 4.